The summed E-state index contributed by atoms with van der Waals surface area (Å²) in [5.74, 6) is 0. The van der Waals surface area contributed by atoms with Crippen LogP contribution in [0.5, 0.6) is 0 Å². The van der Waals surface area contributed by atoms with E-state index < -0.39 is 0 Å². The molecule has 0 rings (SSSR count). The molecule has 14 heavy (non-hydrogen) atoms. The van der Waals surface area contributed by atoms with Crippen molar-refractivity contribution in [1.82, 2.24) is 4.90 Å². The van der Waals surface area contributed by atoms with E-state index >= 15 is 0 Å². The van der Waals surface area contributed by atoms with Crippen LogP contribution >= 0.6 is 0 Å². The van der Waals surface area contributed by atoms with Crippen LogP contribution in [0.4, 0.5) is 0 Å². The zero-order chi connectivity index (χ0) is 10.8. The van der Waals surface area contributed by atoms with Crippen LogP contribution in [0.2, 0.25) is 0 Å². The van der Waals surface area contributed by atoms with E-state index in [0.717, 1.165) is 26.1 Å². The minimum absolute atomic E-state index is 0.135. The Kier molecular flexibility index (Phi) is 9.42. The van der Waals surface area contributed by atoms with E-state index in [1.165, 1.54) is 25.7 Å². The summed E-state index contributed by atoms with van der Waals surface area (Å²) in [5.41, 5.74) is 0. The fraction of sp³-hybridized carbons (Fsp3) is 1.00. The molecule has 0 aliphatic heterocycles. The van der Waals surface area contributed by atoms with Crippen LogP contribution in [0, 0.1) is 0 Å². The van der Waals surface area contributed by atoms with Gasteiger partial charge in [0.05, 0.1) is 6.10 Å². The van der Waals surface area contributed by atoms with Gasteiger partial charge in [0.15, 0.2) is 0 Å². The van der Waals surface area contributed by atoms with E-state index in [1.807, 2.05) is 6.92 Å². The van der Waals surface area contributed by atoms with Gasteiger partial charge in [-0.1, -0.05) is 33.6 Å². The van der Waals surface area contributed by atoms with Crippen molar-refractivity contribution in [3.05, 3.63) is 0 Å². The third kappa shape index (κ3) is 7.34. The monoisotopic (exact) mass is 201 g/mol. The van der Waals surface area contributed by atoms with Crippen molar-refractivity contribution in [1.29, 1.82) is 0 Å². The SMILES string of the molecule is CCCCN(CCCC)C[C@H](O)CC. The molecule has 0 radical (unpaired) electrons. The van der Waals surface area contributed by atoms with Gasteiger partial charge in [0.2, 0.25) is 0 Å². The molecular weight excluding hydrogens is 174 g/mol. The fourth-order valence-corrected chi connectivity index (χ4v) is 1.48. The Hall–Kier alpha value is -0.0800. The van der Waals surface area contributed by atoms with Gasteiger partial charge in [-0.05, 0) is 32.4 Å². The molecule has 0 aliphatic carbocycles. The third-order valence-electron chi connectivity index (χ3n) is 2.60. The van der Waals surface area contributed by atoms with Crippen LogP contribution < -0.4 is 0 Å². The lowest BCUT2D eigenvalue weighted by molar-refractivity contribution is 0.107. The molecule has 0 heterocycles. The molecule has 0 aromatic carbocycles. The van der Waals surface area contributed by atoms with Gasteiger partial charge in [-0.2, -0.15) is 0 Å². The first-order valence-electron chi connectivity index (χ1n) is 6.14. The highest BCUT2D eigenvalue weighted by molar-refractivity contribution is 4.63. The molecular formula is C12H27NO. The number of hydrogen-bond acceptors (Lipinski definition) is 2. The van der Waals surface area contributed by atoms with Gasteiger partial charge >= 0.3 is 0 Å². The molecule has 0 aromatic rings. The lowest BCUT2D eigenvalue weighted by Crippen LogP contribution is -2.33. The van der Waals surface area contributed by atoms with E-state index in [4.69, 9.17) is 0 Å². The van der Waals surface area contributed by atoms with Crippen molar-refractivity contribution < 1.29 is 5.11 Å². The Labute approximate surface area is 89.3 Å². The maximum Gasteiger partial charge on any atom is 0.0664 e. The molecule has 0 saturated carbocycles. The first-order valence-corrected chi connectivity index (χ1v) is 6.14. The summed E-state index contributed by atoms with van der Waals surface area (Å²) >= 11 is 0. The topological polar surface area (TPSA) is 23.5 Å². The molecule has 1 N–H and O–H groups in total. The van der Waals surface area contributed by atoms with E-state index in [1.54, 1.807) is 0 Å². The van der Waals surface area contributed by atoms with E-state index in [2.05, 4.69) is 18.7 Å². The standard InChI is InChI=1S/C12H27NO/c1-4-7-9-13(10-8-5-2)11-12(14)6-3/h12,14H,4-11H2,1-3H3/t12-/m1/s1. The van der Waals surface area contributed by atoms with Crippen LogP contribution in [-0.4, -0.2) is 35.7 Å². The van der Waals surface area contributed by atoms with Gasteiger partial charge in [-0.25, -0.2) is 0 Å². The average Bonchev–Trinajstić information content (AvgIpc) is 2.21. The van der Waals surface area contributed by atoms with E-state index in [-0.39, 0.29) is 6.10 Å². The summed E-state index contributed by atoms with van der Waals surface area (Å²) in [6.07, 6.45) is 5.72. The Morgan fingerprint density at radius 2 is 1.50 bits per heavy atom. The van der Waals surface area contributed by atoms with E-state index in [0.29, 0.717) is 0 Å². The lowest BCUT2D eigenvalue weighted by atomic mass is 10.2. The Bertz CT molecular complexity index is 109. The highest BCUT2D eigenvalue weighted by Crippen LogP contribution is 2.02. The van der Waals surface area contributed by atoms with Crippen LogP contribution in [0.1, 0.15) is 52.9 Å². The second-order valence-electron chi connectivity index (χ2n) is 4.07. The number of unbranched alkanes of at least 4 members (excludes halogenated alkanes) is 2. The van der Waals surface area contributed by atoms with Gasteiger partial charge < -0.3 is 10.0 Å². The van der Waals surface area contributed by atoms with Crippen molar-refractivity contribution in [2.24, 2.45) is 0 Å². The van der Waals surface area contributed by atoms with Crippen molar-refractivity contribution in [2.45, 2.75) is 59.0 Å². The number of hydrogen-bond donors (Lipinski definition) is 1. The second kappa shape index (κ2) is 9.47. The molecule has 86 valence electrons. The molecule has 2 heteroatoms. The normalized spacial score (nSPS) is 13.5. The Balaban J connectivity index is 3.71. The highest BCUT2D eigenvalue weighted by atomic mass is 16.3. The van der Waals surface area contributed by atoms with Gasteiger partial charge in [-0.3, -0.25) is 0 Å². The largest absolute Gasteiger partial charge is 0.392 e. The van der Waals surface area contributed by atoms with Crippen molar-refractivity contribution in [3.8, 4) is 0 Å². The maximum atomic E-state index is 9.59. The summed E-state index contributed by atoms with van der Waals surface area (Å²) in [5, 5.41) is 9.59. The van der Waals surface area contributed by atoms with Crippen LogP contribution in [0.15, 0.2) is 0 Å². The predicted molar refractivity (Wildman–Crippen MR) is 62.6 cm³/mol. The number of rotatable bonds is 9. The minimum Gasteiger partial charge on any atom is -0.392 e. The molecule has 0 bridgehead atoms. The van der Waals surface area contributed by atoms with Gasteiger partial charge in [0.25, 0.3) is 0 Å². The summed E-state index contributed by atoms with van der Waals surface area (Å²) in [7, 11) is 0. The second-order valence-corrected chi connectivity index (χ2v) is 4.07. The van der Waals surface area contributed by atoms with Gasteiger partial charge in [-0.15, -0.1) is 0 Å². The first kappa shape index (κ1) is 13.9. The molecule has 0 unspecified atom stereocenters. The summed E-state index contributed by atoms with van der Waals surface area (Å²) in [4.78, 5) is 2.40. The fourth-order valence-electron chi connectivity index (χ4n) is 1.48. The number of aliphatic hydroxyl groups is 1. The van der Waals surface area contributed by atoms with Gasteiger partial charge in [0, 0.05) is 6.54 Å². The molecule has 0 aromatic heterocycles. The van der Waals surface area contributed by atoms with Gasteiger partial charge in [0.1, 0.15) is 0 Å². The molecule has 0 aliphatic rings. The Morgan fingerprint density at radius 1 is 1.00 bits per heavy atom. The van der Waals surface area contributed by atoms with Crippen LogP contribution in [-0.2, 0) is 0 Å². The predicted octanol–water partition coefficient (Wildman–Crippen LogP) is 2.66. The zero-order valence-electron chi connectivity index (χ0n) is 10.1. The minimum atomic E-state index is -0.135. The quantitative estimate of drug-likeness (QED) is 0.620. The zero-order valence-corrected chi connectivity index (χ0v) is 10.1. The smallest absolute Gasteiger partial charge is 0.0664 e. The molecule has 1 atom stereocenters. The van der Waals surface area contributed by atoms with Crippen molar-refractivity contribution in [2.75, 3.05) is 19.6 Å². The highest BCUT2D eigenvalue weighted by Gasteiger charge is 2.08. The number of nitrogens with zero attached hydrogens (tertiary/aromatic N) is 1. The average molecular weight is 201 g/mol. The van der Waals surface area contributed by atoms with Crippen LogP contribution in [0.3, 0.4) is 0 Å². The Morgan fingerprint density at radius 3 is 1.86 bits per heavy atom. The van der Waals surface area contributed by atoms with E-state index in [9.17, 15) is 5.11 Å². The summed E-state index contributed by atoms with van der Waals surface area (Å²) < 4.78 is 0. The summed E-state index contributed by atoms with van der Waals surface area (Å²) in [6, 6.07) is 0. The molecule has 0 amide bonds. The number of aliphatic hydroxyl groups excluding tert-OH is 1. The summed E-state index contributed by atoms with van der Waals surface area (Å²) in [6.45, 7) is 9.63. The van der Waals surface area contributed by atoms with Crippen LogP contribution in [0.25, 0.3) is 0 Å². The third-order valence-corrected chi connectivity index (χ3v) is 2.60. The molecule has 2 nitrogen and oxygen atoms in total. The van der Waals surface area contributed by atoms with Crippen molar-refractivity contribution >= 4 is 0 Å². The van der Waals surface area contributed by atoms with Crippen molar-refractivity contribution in [3.63, 3.8) is 0 Å². The first-order chi connectivity index (χ1) is 6.74. The molecule has 0 fully saturated rings. The molecule has 0 saturated heterocycles. The lowest BCUT2D eigenvalue weighted by Gasteiger charge is -2.24. The molecule has 0 spiro atoms. The maximum absolute atomic E-state index is 9.59.